The molecule has 8 heteroatoms. The molecule has 3 aromatic heterocycles. The van der Waals surface area contributed by atoms with Gasteiger partial charge < -0.3 is 9.88 Å². The summed E-state index contributed by atoms with van der Waals surface area (Å²) >= 11 is 11.7. The molecule has 0 spiro atoms. The molecule has 0 fully saturated rings. The fraction of sp³-hybridized carbons (Fsp3) is 0.0909. The first-order chi connectivity index (χ1) is 14.4. The van der Waals surface area contributed by atoms with Gasteiger partial charge in [0.05, 0.1) is 5.56 Å². The number of aryl methyl sites for hydroxylation is 1. The number of fused-ring (bicyclic) bond motifs is 1. The Bertz CT molecular complexity index is 1250. The Hall–Kier alpha value is -3.22. The molecule has 0 saturated heterocycles. The van der Waals surface area contributed by atoms with E-state index in [4.69, 9.17) is 23.2 Å². The van der Waals surface area contributed by atoms with Crippen molar-refractivity contribution in [1.82, 2.24) is 14.5 Å². The molecule has 0 aliphatic rings. The number of carbonyl (C=O) groups excluding carboxylic acids is 2. The number of benzene rings is 1. The molecule has 1 N–H and O–H groups in total. The lowest BCUT2D eigenvalue weighted by Crippen LogP contribution is -2.22. The lowest BCUT2D eigenvalue weighted by Gasteiger charge is -2.05. The van der Waals surface area contributed by atoms with Crippen LogP contribution < -0.4 is 5.32 Å². The van der Waals surface area contributed by atoms with E-state index >= 15 is 0 Å². The van der Waals surface area contributed by atoms with Crippen LogP contribution in [0.25, 0.3) is 11.0 Å². The van der Waals surface area contributed by atoms with E-state index in [1.807, 2.05) is 35.8 Å². The van der Waals surface area contributed by atoms with Gasteiger partial charge in [-0.25, -0.2) is 9.97 Å². The highest BCUT2D eigenvalue weighted by Gasteiger charge is 2.22. The second-order valence-corrected chi connectivity index (χ2v) is 7.59. The number of halogens is 2. The number of nitrogens with zero attached hydrogens (tertiary/aromatic N) is 3. The van der Waals surface area contributed by atoms with E-state index in [1.165, 1.54) is 12.1 Å². The molecule has 6 nitrogen and oxygen atoms in total. The minimum atomic E-state index is -0.799. The van der Waals surface area contributed by atoms with Crippen LogP contribution in [0.3, 0.4) is 0 Å². The zero-order valence-electron chi connectivity index (χ0n) is 15.9. The number of carbonyl (C=O) groups is 2. The van der Waals surface area contributed by atoms with Gasteiger partial charge in [0.25, 0.3) is 11.7 Å². The van der Waals surface area contributed by atoms with Crippen molar-refractivity contribution >= 4 is 51.6 Å². The fourth-order valence-electron chi connectivity index (χ4n) is 3.16. The minimum Gasteiger partial charge on any atom is -0.327 e. The first-order valence-electron chi connectivity index (χ1n) is 9.09. The molecule has 3 heterocycles. The van der Waals surface area contributed by atoms with Crippen LogP contribution in [0.1, 0.15) is 21.5 Å². The van der Waals surface area contributed by atoms with Gasteiger partial charge in [-0.2, -0.15) is 0 Å². The Morgan fingerprint density at radius 2 is 1.77 bits per heavy atom. The van der Waals surface area contributed by atoms with Crippen LogP contribution in [0.4, 0.5) is 5.69 Å². The van der Waals surface area contributed by atoms with Gasteiger partial charge in [0, 0.05) is 30.0 Å². The maximum absolute atomic E-state index is 12.9. The standard InChI is InChI=1S/C22H16Cl2N4O2/c1-13-4-6-14(7-5-13)11-28-12-17(16-3-2-8-25-21(16)28)20(29)22(30)26-15-9-18(23)27-19(24)10-15/h2-10,12H,11H2,1H3,(H,26,27,30). The summed E-state index contributed by atoms with van der Waals surface area (Å²) in [6, 6.07) is 14.4. The number of ketones is 1. The zero-order chi connectivity index (χ0) is 21.3. The predicted molar refractivity (Wildman–Crippen MR) is 117 cm³/mol. The molecule has 30 heavy (non-hydrogen) atoms. The van der Waals surface area contributed by atoms with Crippen LogP contribution >= 0.6 is 23.2 Å². The molecule has 0 aliphatic carbocycles. The van der Waals surface area contributed by atoms with E-state index in [9.17, 15) is 9.59 Å². The van der Waals surface area contributed by atoms with Gasteiger partial charge in [-0.3, -0.25) is 9.59 Å². The molecule has 1 aromatic carbocycles. The molecule has 0 bridgehead atoms. The number of aromatic nitrogens is 3. The molecule has 4 aromatic rings. The van der Waals surface area contributed by atoms with Crippen molar-refractivity contribution in [2.75, 3.05) is 5.32 Å². The molecule has 150 valence electrons. The molecule has 0 aliphatic heterocycles. The van der Waals surface area contributed by atoms with E-state index in [-0.39, 0.29) is 15.9 Å². The van der Waals surface area contributed by atoms with E-state index in [2.05, 4.69) is 15.3 Å². The number of hydrogen-bond acceptors (Lipinski definition) is 4. The van der Waals surface area contributed by atoms with Crippen molar-refractivity contribution in [1.29, 1.82) is 0 Å². The van der Waals surface area contributed by atoms with Crippen LogP contribution in [0, 0.1) is 6.92 Å². The van der Waals surface area contributed by atoms with Crippen molar-refractivity contribution in [2.45, 2.75) is 13.5 Å². The predicted octanol–water partition coefficient (Wildman–Crippen LogP) is 4.92. The Labute approximate surface area is 182 Å². The quantitative estimate of drug-likeness (QED) is 0.272. The molecule has 0 unspecified atom stereocenters. The third-order valence-electron chi connectivity index (χ3n) is 4.58. The molecular weight excluding hydrogens is 423 g/mol. The first-order valence-corrected chi connectivity index (χ1v) is 9.84. The third kappa shape index (κ3) is 4.20. The Kier molecular flexibility index (Phi) is 5.53. The minimum absolute atomic E-state index is 0.115. The summed E-state index contributed by atoms with van der Waals surface area (Å²) in [7, 11) is 0. The van der Waals surface area contributed by atoms with Crippen molar-refractivity contribution in [3.63, 3.8) is 0 Å². The second kappa shape index (κ2) is 8.26. The van der Waals surface area contributed by atoms with E-state index in [0.29, 0.717) is 23.3 Å². The summed E-state index contributed by atoms with van der Waals surface area (Å²) in [5.74, 6) is -1.48. The van der Waals surface area contributed by atoms with E-state index in [1.54, 1.807) is 24.5 Å². The number of rotatable bonds is 5. The average molecular weight is 439 g/mol. The second-order valence-electron chi connectivity index (χ2n) is 6.82. The maximum Gasteiger partial charge on any atom is 0.296 e. The van der Waals surface area contributed by atoms with Gasteiger partial charge in [-0.15, -0.1) is 0 Å². The zero-order valence-corrected chi connectivity index (χ0v) is 17.4. The summed E-state index contributed by atoms with van der Waals surface area (Å²) in [6.07, 6.45) is 3.31. The van der Waals surface area contributed by atoms with Gasteiger partial charge in [0.15, 0.2) is 0 Å². The van der Waals surface area contributed by atoms with Crippen molar-refractivity contribution in [3.05, 3.63) is 87.9 Å². The van der Waals surface area contributed by atoms with Crippen molar-refractivity contribution in [2.24, 2.45) is 0 Å². The molecule has 4 rings (SSSR count). The van der Waals surface area contributed by atoms with Crippen molar-refractivity contribution < 1.29 is 9.59 Å². The van der Waals surface area contributed by atoms with Gasteiger partial charge >= 0.3 is 0 Å². The fourth-order valence-corrected chi connectivity index (χ4v) is 3.62. The highest BCUT2D eigenvalue weighted by atomic mass is 35.5. The number of nitrogens with one attached hydrogen (secondary N) is 1. The van der Waals surface area contributed by atoms with Gasteiger partial charge in [-0.1, -0.05) is 53.0 Å². The lowest BCUT2D eigenvalue weighted by atomic mass is 10.1. The Morgan fingerprint density at radius 1 is 1.07 bits per heavy atom. The highest BCUT2D eigenvalue weighted by Crippen LogP contribution is 2.23. The van der Waals surface area contributed by atoms with Crippen LogP contribution in [-0.4, -0.2) is 26.2 Å². The van der Waals surface area contributed by atoms with Crippen LogP contribution in [0.15, 0.2) is 60.9 Å². The largest absolute Gasteiger partial charge is 0.327 e. The number of hydrogen-bond donors (Lipinski definition) is 1. The average Bonchev–Trinajstić information content (AvgIpc) is 3.07. The van der Waals surface area contributed by atoms with Gasteiger partial charge in [0.1, 0.15) is 16.0 Å². The molecular formula is C22H16Cl2N4O2. The normalized spacial score (nSPS) is 10.9. The molecule has 0 saturated carbocycles. The number of Topliss-reactive ketones (excluding diaryl/α,β-unsaturated/α-hetero) is 1. The lowest BCUT2D eigenvalue weighted by molar-refractivity contribution is -0.112. The van der Waals surface area contributed by atoms with Crippen LogP contribution in [-0.2, 0) is 11.3 Å². The summed E-state index contributed by atoms with van der Waals surface area (Å²) in [5, 5.41) is 3.36. The first kappa shape index (κ1) is 20.1. The van der Waals surface area contributed by atoms with Gasteiger partial charge in [0.2, 0.25) is 0 Å². The highest BCUT2D eigenvalue weighted by molar-refractivity contribution is 6.48. The monoisotopic (exact) mass is 438 g/mol. The SMILES string of the molecule is Cc1ccc(Cn2cc(C(=O)C(=O)Nc3cc(Cl)nc(Cl)c3)c3cccnc32)cc1. The summed E-state index contributed by atoms with van der Waals surface area (Å²) in [6.45, 7) is 2.55. The number of pyridine rings is 2. The van der Waals surface area contributed by atoms with Crippen molar-refractivity contribution in [3.8, 4) is 0 Å². The molecule has 0 atom stereocenters. The number of amides is 1. The van der Waals surface area contributed by atoms with E-state index in [0.717, 1.165) is 11.1 Å². The summed E-state index contributed by atoms with van der Waals surface area (Å²) < 4.78 is 1.86. The third-order valence-corrected chi connectivity index (χ3v) is 4.97. The molecule has 0 radical (unpaired) electrons. The van der Waals surface area contributed by atoms with Crippen LogP contribution in [0.2, 0.25) is 10.3 Å². The Morgan fingerprint density at radius 3 is 2.47 bits per heavy atom. The number of anilines is 1. The smallest absolute Gasteiger partial charge is 0.296 e. The topological polar surface area (TPSA) is 76.9 Å². The summed E-state index contributed by atoms with van der Waals surface area (Å²) in [5.41, 5.74) is 3.42. The molecule has 1 amide bonds. The summed E-state index contributed by atoms with van der Waals surface area (Å²) in [4.78, 5) is 33.7. The van der Waals surface area contributed by atoms with E-state index < -0.39 is 11.7 Å². The van der Waals surface area contributed by atoms with Crippen LogP contribution in [0.5, 0.6) is 0 Å². The Balaban J connectivity index is 1.65. The van der Waals surface area contributed by atoms with Gasteiger partial charge in [-0.05, 0) is 36.8 Å². The maximum atomic E-state index is 12.9.